The van der Waals surface area contributed by atoms with Crippen molar-refractivity contribution in [2.24, 2.45) is 0 Å². The van der Waals surface area contributed by atoms with Gasteiger partial charge in [0.15, 0.2) is 0 Å². The Kier molecular flexibility index (Phi) is 6.90. The summed E-state index contributed by atoms with van der Waals surface area (Å²) in [5.41, 5.74) is 4.06. The van der Waals surface area contributed by atoms with Gasteiger partial charge in [0.1, 0.15) is 11.2 Å². The van der Waals surface area contributed by atoms with E-state index in [0.29, 0.717) is 22.7 Å². The lowest BCUT2D eigenvalue weighted by Crippen LogP contribution is -2.27. The van der Waals surface area contributed by atoms with Crippen molar-refractivity contribution >= 4 is 35.0 Å². The Morgan fingerprint density at radius 1 is 1.09 bits per heavy atom. The first-order valence-electron chi connectivity index (χ1n) is 10.7. The summed E-state index contributed by atoms with van der Waals surface area (Å²) in [6, 6.07) is 21.2. The molecule has 0 radical (unpaired) electrons. The van der Waals surface area contributed by atoms with Crippen molar-refractivity contribution in [3.8, 4) is 0 Å². The van der Waals surface area contributed by atoms with E-state index in [0.717, 1.165) is 24.8 Å². The van der Waals surface area contributed by atoms with Crippen molar-refractivity contribution in [1.29, 1.82) is 0 Å². The molecule has 6 heteroatoms. The maximum atomic E-state index is 13.3. The standard InChI is InChI=1S/C26H25FN2O2S/c1-2-3-5-18-8-10-19(11-9-18)25(31)28-22-7-4-6-20(16-22)26-29(24(30)17-32-26)23-14-12-21(27)13-15-23/h4,6-16,26H,2-3,5,17H2,1H3,(H,28,31)/t26-/m1/s1. The van der Waals surface area contributed by atoms with Crippen LogP contribution in [0, 0.1) is 5.82 Å². The van der Waals surface area contributed by atoms with Gasteiger partial charge in [-0.25, -0.2) is 4.39 Å². The number of thioether (sulfide) groups is 1. The van der Waals surface area contributed by atoms with E-state index in [1.165, 1.54) is 29.5 Å². The highest BCUT2D eigenvalue weighted by atomic mass is 32.2. The molecule has 1 aliphatic heterocycles. The fourth-order valence-corrected chi connectivity index (χ4v) is 4.90. The number of anilines is 2. The van der Waals surface area contributed by atoms with Gasteiger partial charge < -0.3 is 5.32 Å². The van der Waals surface area contributed by atoms with E-state index in [4.69, 9.17) is 0 Å². The molecule has 3 aromatic carbocycles. The van der Waals surface area contributed by atoms with Crippen LogP contribution in [0.1, 0.15) is 46.6 Å². The lowest BCUT2D eigenvalue weighted by atomic mass is 10.1. The van der Waals surface area contributed by atoms with Crippen molar-refractivity contribution in [2.75, 3.05) is 16.0 Å². The largest absolute Gasteiger partial charge is 0.322 e. The van der Waals surface area contributed by atoms with Gasteiger partial charge in [-0.3, -0.25) is 14.5 Å². The quantitative estimate of drug-likeness (QED) is 0.468. The number of hydrogen-bond donors (Lipinski definition) is 1. The van der Waals surface area contributed by atoms with E-state index in [-0.39, 0.29) is 23.0 Å². The number of halogens is 1. The zero-order chi connectivity index (χ0) is 22.5. The molecule has 0 spiro atoms. The average Bonchev–Trinajstić information content (AvgIpc) is 3.20. The van der Waals surface area contributed by atoms with Crippen LogP contribution in [0.5, 0.6) is 0 Å². The van der Waals surface area contributed by atoms with Crippen LogP contribution in [0.2, 0.25) is 0 Å². The molecule has 1 saturated heterocycles. The van der Waals surface area contributed by atoms with Gasteiger partial charge in [-0.1, -0.05) is 37.6 Å². The van der Waals surface area contributed by atoms with Crippen molar-refractivity contribution < 1.29 is 14.0 Å². The summed E-state index contributed by atoms with van der Waals surface area (Å²) in [7, 11) is 0. The average molecular weight is 449 g/mol. The Morgan fingerprint density at radius 2 is 1.84 bits per heavy atom. The molecule has 1 aliphatic rings. The number of rotatable bonds is 7. The summed E-state index contributed by atoms with van der Waals surface area (Å²) in [6.07, 6.45) is 3.29. The van der Waals surface area contributed by atoms with E-state index in [9.17, 15) is 14.0 Å². The van der Waals surface area contributed by atoms with Crippen molar-refractivity contribution in [2.45, 2.75) is 31.6 Å². The van der Waals surface area contributed by atoms with E-state index in [1.54, 1.807) is 17.0 Å². The Bertz CT molecular complexity index is 1100. The van der Waals surface area contributed by atoms with Gasteiger partial charge in [-0.15, -0.1) is 11.8 Å². The number of benzene rings is 3. The minimum atomic E-state index is -0.340. The second kappa shape index (κ2) is 10.0. The Hall–Kier alpha value is -3.12. The molecule has 2 amide bonds. The number of aryl methyl sites for hydroxylation is 1. The minimum Gasteiger partial charge on any atom is -0.322 e. The third-order valence-corrected chi connectivity index (χ3v) is 6.65. The summed E-state index contributed by atoms with van der Waals surface area (Å²) in [6.45, 7) is 2.16. The Morgan fingerprint density at radius 3 is 2.56 bits per heavy atom. The molecule has 0 saturated carbocycles. The van der Waals surface area contributed by atoms with Crippen LogP contribution in [0.4, 0.5) is 15.8 Å². The Balaban J connectivity index is 1.50. The first-order chi connectivity index (χ1) is 15.5. The number of nitrogens with zero attached hydrogens (tertiary/aromatic N) is 1. The third kappa shape index (κ3) is 5.02. The molecule has 0 bridgehead atoms. The molecule has 1 fully saturated rings. The van der Waals surface area contributed by atoms with Gasteiger partial charge in [-0.2, -0.15) is 0 Å². The zero-order valence-corrected chi connectivity index (χ0v) is 18.7. The van der Waals surface area contributed by atoms with E-state index in [1.807, 2.05) is 48.5 Å². The molecular weight excluding hydrogens is 423 g/mol. The van der Waals surface area contributed by atoms with Gasteiger partial charge >= 0.3 is 0 Å². The van der Waals surface area contributed by atoms with Crippen molar-refractivity contribution in [1.82, 2.24) is 0 Å². The van der Waals surface area contributed by atoms with Crippen molar-refractivity contribution in [3.63, 3.8) is 0 Å². The Labute approximate surface area is 191 Å². The molecule has 32 heavy (non-hydrogen) atoms. The van der Waals surface area contributed by atoms with Crippen LogP contribution < -0.4 is 10.2 Å². The summed E-state index contributed by atoms with van der Waals surface area (Å²) in [4.78, 5) is 26.9. The number of hydrogen-bond acceptors (Lipinski definition) is 3. The van der Waals surface area contributed by atoms with E-state index < -0.39 is 0 Å². The maximum Gasteiger partial charge on any atom is 0.255 e. The molecule has 1 N–H and O–H groups in total. The maximum absolute atomic E-state index is 13.3. The molecular formula is C26H25FN2O2S. The molecule has 164 valence electrons. The molecule has 3 aromatic rings. The predicted octanol–water partition coefficient (Wildman–Crippen LogP) is 6.20. The monoisotopic (exact) mass is 448 g/mol. The summed E-state index contributed by atoms with van der Waals surface area (Å²) >= 11 is 1.51. The molecule has 0 aliphatic carbocycles. The van der Waals surface area contributed by atoms with Gasteiger partial charge in [0, 0.05) is 16.9 Å². The molecule has 0 unspecified atom stereocenters. The third-order valence-electron chi connectivity index (χ3n) is 5.44. The van der Waals surface area contributed by atoms with Gasteiger partial charge in [0.25, 0.3) is 5.91 Å². The topological polar surface area (TPSA) is 49.4 Å². The lowest BCUT2D eigenvalue weighted by Gasteiger charge is -2.24. The molecule has 4 rings (SSSR count). The first-order valence-corrected chi connectivity index (χ1v) is 11.8. The second-order valence-corrected chi connectivity index (χ2v) is 8.85. The van der Waals surface area contributed by atoms with Gasteiger partial charge in [0.05, 0.1) is 5.75 Å². The van der Waals surface area contributed by atoms with Crippen LogP contribution in [0.3, 0.4) is 0 Å². The highest BCUT2D eigenvalue weighted by molar-refractivity contribution is 8.00. The van der Waals surface area contributed by atoms with Crippen LogP contribution in [-0.4, -0.2) is 17.6 Å². The van der Waals surface area contributed by atoms with Crippen LogP contribution >= 0.6 is 11.8 Å². The summed E-state index contributed by atoms with van der Waals surface area (Å²) in [5.74, 6) is -0.185. The lowest BCUT2D eigenvalue weighted by molar-refractivity contribution is -0.115. The van der Waals surface area contributed by atoms with Crippen LogP contribution in [0.15, 0.2) is 72.8 Å². The zero-order valence-electron chi connectivity index (χ0n) is 17.9. The highest BCUT2D eigenvalue weighted by Crippen LogP contribution is 2.42. The number of nitrogens with one attached hydrogen (secondary N) is 1. The molecule has 0 aromatic heterocycles. The van der Waals surface area contributed by atoms with E-state index in [2.05, 4.69) is 12.2 Å². The van der Waals surface area contributed by atoms with Crippen molar-refractivity contribution in [3.05, 3.63) is 95.3 Å². The molecule has 1 atom stereocenters. The number of carbonyl (C=O) groups is 2. The number of unbranched alkanes of at least 4 members (excludes halogenated alkanes) is 1. The number of amides is 2. The fraction of sp³-hybridized carbons (Fsp3) is 0.231. The normalized spacial score (nSPS) is 15.8. The first kappa shape index (κ1) is 22.1. The fourth-order valence-electron chi connectivity index (χ4n) is 3.73. The SMILES string of the molecule is CCCCc1ccc(C(=O)Nc2cccc([C@H]3SCC(=O)N3c3ccc(F)cc3)c2)cc1. The van der Waals surface area contributed by atoms with Crippen LogP contribution in [0.25, 0.3) is 0 Å². The number of carbonyl (C=O) groups excluding carboxylic acids is 2. The van der Waals surface area contributed by atoms with Crippen LogP contribution in [-0.2, 0) is 11.2 Å². The molecule has 4 nitrogen and oxygen atoms in total. The van der Waals surface area contributed by atoms with Gasteiger partial charge in [-0.05, 0) is 72.5 Å². The second-order valence-electron chi connectivity index (χ2n) is 7.78. The van der Waals surface area contributed by atoms with E-state index >= 15 is 0 Å². The summed E-state index contributed by atoms with van der Waals surface area (Å²) in [5, 5.41) is 2.72. The summed E-state index contributed by atoms with van der Waals surface area (Å²) < 4.78 is 13.3. The molecule has 1 heterocycles. The smallest absolute Gasteiger partial charge is 0.255 e. The highest BCUT2D eigenvalue weighted by Gasteiger charge is 2.34. The van der Waals surface area contributed by atoms with Gasteiger partial charge in [0.2, 0.25) is 5.91 Å². The minimum absolute atomic E-state index is 0.0239. The predicted molar refractivity (Wildman–Crippen MR) is 129 cm³/mol.